The molecule has 2 aliphatic rings. The first-order valence-electron chi connectivity index (χ1n) is 7.37. The Labute approximate surface area is 148 Å². The predicted molar refractivity (Wildman–Crippen MR) is 91.6 cm³/mol. The summed E-state index contributed by atoms with van der Waals surface area (Å²) in [5.74, 6) is 1.31. The molecule has 0 amide bonds. The zero-order chi connectivity index (χ0) is 16.4. The first-order valence-corrected chi connectivity index (χ1v) is 11.7. The van der Waals surface area contributed by atoms with Crippen molar-refractivity contribution in [2.24, 2.45) is 11.8 Å². The normalized spacial score (nSPS) is 16.3. The van der Waals surface area contributed by atoms with Gasteiger partial charge in [-0.2, -0.15) is 11.1 Å². The monoisotopic (exact) mass is 360 g/mol. The SMILES string of the molecule is CC1=[C-]C(C(C)C)=CC1.CC1=[C-]C(C(C)C)=CC1.[Cl][Ti][Cl]. The molecule has 0 unspecified atom stereocenters. The maximum absolute atomic E-state index is 4.89. The number of rotatable bonds is 2. The molecule has 2 rings (SSSR count). The molecule has 3 heteroatoms. The van der Waals surface area contributed by atoms with Gasteiger partial charge >= 0.3 is 35.6 Å². The van der Waals surface area contributed by atoms with Gasteiger partial charge in [0.2, 0.25) is 0 Å². The van der Waals surface area contributed by atoms with Crippen LogP contribution in [0.4, 0.5) is 0 Å². The maximum atomic E-state index is 4.89. The summed E-state index contributed by atoms with van der Waals surface area (Å²) in [4.78, 5) is 0. The second-order valence-electron chi connectivity index (χ2n) is 5.92. The molecular formula is C18H26Cl2Ti-2. The number of hydrogen-bond acceptors (Lipinski definition) is 0. The summed E-state index contributed by atoms with van der Waals surface area (Å²) in [6, 6.07) is 0. The van der Waals surface area contributed by atoms with Gasteiger partial charge in [-0.25, -0.2) is 35.5 Å². The van der Waals surface area contributed by atoms with E-state index in [4.69, 9.17) is 18.6 Å². The van der Waals surface area contributed by atoms with Crippen LogP contribution in [0.15, 0.2) is 34.4 Å². The molecule has 2 aliphatic carbocycles. The summed E-state index contributed by atoms with van der Waals surface area (Å²) in [6.45, 7) is 13.1. The van der Waals surface area contributed by atoms with Gasteiger partial charge in [0.05, 0.1) is 0 Å². The fourth-order valence-electron chi connectivity index (χ4n) is 1.98. The van der Waals surface area contributed by atoms with Gasteiger partial charge in [0.25, 0.3) is 0 Å². The molecule has 0 aromatic rings. The van der Waals surface area contributed by atoms with Gasteiger partial charge in [-0.1, -0.05) is 66.2 Å². The van der Waals surface area contributed by atoms with Crippen LogP contribution in [0.25, 0.3) is 0 Å². The molecular weight excluding hydrogens is 335 g/mol. The van der Waals surface area contributed by atoms with Crippen molar-refractivity contribution in [2.45, 2.75) is 54.4 Å². The van der Waals surface area contributed by atoms with Crippen LogP contribution in [-0.2, 0) is 17.0 Å². The first kappa shape index (κ1) is 21.3. The Morgan fingerprint density at radius 3 is 1.24 bits per heavy atom. The van der Waals surface area contributed by atoms with Crippen LogP contribution in [0.2, 0.25) is 0 Å². The van der Waals surface area contributed by atoms with Gasteiger partial charge < -0.3 is 0 Å². The van der Waals surface area contributed by atoms with Gasteiger partial charge in [-0.05, 0) is 0 Å². The van der Waals surface area contributed by atoms with E-state index >= 15 is 0 Å². The minimum atomic E-state index is -0.556. The van der Waals surface area contributed by atoms with E-state index < -0.39 is 17.0 Å². The van der Waals surface area contributed by atoms with Crippen LogP contribution >= 0.6 is 18.6 Å². The van der Waals surface area contributed by atoms with Crippen molar-refractivity contribution in [3.63, 3.8) is 0 Å². The van der Waals surface area contributed by atoms with Gasteiger partial charge in [0, 0.05) is 0 Å². The van der Waals surface area contributed by atoms with Crippen molar-refractivity contribution in [1.29, 1.82) is 0 Å². The molecule has 0 spiro atoms. The molecule has 0 aromatic carbocycles. The first-order chi connectivity index (χ1) is 9.81. The summed E-state index contributed by atoms with van der Waals surface area (Å²) in [5.41, 5.74) is 5.51. The van der Waals surface area contributed by atoms with Crippen LogP contribution in [0.5, 0.6) is 0 Å². The van der Waals surface area contributed by atoms with E-state index in [1.807, 2.05) is 0 Å². The molecule has 21 heavy (non-hydrogen) atoms. The van der Waals surface area contributed by atoms with Crippen LogP contribution in [0.1, 0.15) is 54.4 Å². The zero-order valence-electron chi connectivity index (χ0n) is 14.0. The molecule has 0 N–H and O–H groups in total. The molecule has 118 valence electrons. The van der Waals surface area contributed by atoms with Gasteiger partial charge in [-0.3, -0.25) is 0 Å². The Bertz CT molecular complexity index is 386. The summed E-state index contributed by atoms with van der Waals surface area (Å²) < 4.78 is 0. The van der Waals surface area contributed by atoms with Crippen LogP contribution < -0.4 is 0 Å². The second kappa shape index (κ2) is 11.8. The van der Waals surface area contributed by atoms with E-state index in [1.165, 1.54) is 22.3 Å². The number of allylic oxidation sites excluding steroid dienone is 8. The van der Waals surface area contributed by atoms with Gasteiger partial charge in [-0.15, -0.1) is 0 Å². The molecule has 0 radical (unpaired) electrons. The Balaban J connectivity index is 0.000000322. The van der Waals surface area contributed by atoms with Crippen molar-refractivity contribution in [1.82, 2.24) is 0 Å². The third kappa shape index (κ3) is 9.79. The molecule has 0 fully saturated rings. The predicted octanol–water partition coefficient (Wildman–Crippen LogP) is 6.82. The Kier molecular flexibility index (Phi) is 11.9. The standard InChI is InChI=1S/2C9H13.2ClH.Ti/c2*1-7(2)9-5-4-8(3)6-9;;;/h2*5,7H,4H2,1-3H3;2*1H;/q2*-1;;;+2/p-2. The summed E-state index contributed by atoms with van der Waals surface area (Å²) in [5, 5.41) is 0. The van der Waals surface area contributed by atoms with E-state index in [9.17, 15) is 0 Å². The van der Waals surface area contributed by atoms with Crippen LogP contribution in [0.3, 0.4) is 0 Å². The summed E-state index contributed by atoms with van der Waals surface area (Å²) in [6.07, 6.45) is 13.4. The molecule has 0 atom stereocenters. The quantitative estimate of drug-likeness (QED) is 0.374. The number of halogens is 2. The summed E-state index contributed by atoms with van der Waals surface area (Å²) >= 11 is -0.556. The van der Waals surface area contributed by atoms with E-state index in [1.54, 1.807) is 0 Å². The van der Waals surface area contributed by atoms with Crippen molar-refractivity contribution in [2.75, 3.05) is 0 Å². The second-order valence-corrected chi connectivity index (χ2v) is 8.50. The fourth-order valence-corrected chi connectivity index (χ4v) is 1.98. The van der Waals surface area contributed by atoms with E-state index in [2.05, 4.69) is 65.8 Å². The molecule has 0 saturated carbocycles. The minimum absolute atomic E-state index is 0.556. The number of hydrogen-bond donors (Lipinski definition) is 0. The Morgan fingerprint density at radius 2 is 1.14 bits per heavy atom. The Hall–Kier alpha value is 0.254. The molecule has 0 heterocycles. The topological polar surface area (TPSA) is 0 Å². The molecule has 0 aliphatic heterocycles. The van der Waals surface area contributed by atoms with Crippen molar-refractivity contribution in [3.8, 4) is 0 Å². The van der Waals surface area contributed by atoms with Crippen molar-refractivity contribution < 1.29 is 17.0 Å². The third-order valence-corrected chi connectivity index (χ3v) is 3.22. The average molecular weight is 361 g/mol. The molecule has 0 bridgehead atoms. The van der Waals surface area contributed by atoms with Crippen molar-refractivity contribution in [3.05, 3.63) is 46.6 Å². The van der Waals surface area contributed by atoms with E-state index in [-0.39, 0.29) is 0 Å². The van der Waals surface area contributed by atoms with Gasteiger partial charge in [0.1, 0.15) is 0 Å². The fraction of sp³-hybridized carbons (Fsp3) is 0.556. The zero-order valence-corrected chi connectivity index (χ0v) is 17.1. The average Bonchev–Trinajstić information content (AvgIpc) is 3.00. The Morgan fingerprint density at radius 1 is 0.857 bits per heavy atom. The van der Waals surface area contributed by atoms with Gasteiger partial charge in [0.15, 0.2) is 0 Å². The van der Waals surface area contributed by atoms with Crippen molar-refractivity contribution >= 4 is 18.6 Å². The molecule has 0 saturated heterocycles. The van der Waals surface area contributed by atoms with E-state index in [0.29, 0.717) is 11.8 Å². The van der Waals surface area contributed by atoms with Crippen LogP contribution in [-0.4, -0.2) is 0 Å². The van der Waals surface area contributed by atoms with E-state index in [0.717, 1.165) is 12.8 Å². The van der Waals surface area contributed by atoms with Crippen LogP contribution in [0, 0.1) is 24.0 Å². The third-order valence-electron chi connectivity index (χ3n) is 3.22. The molecule has 0 nitrogen and oxygen atoms in total. The summed E-state index contributed by atoms with van der Waals surface area (Å²) in [7, 11) is 9.78. The molecule has 0 aromatic heterocycles.